The summed E-state index contributed by atoms with van der Waals surface area (Å²) in [6.45, 7) is 7.24. The van der Waals surface area contributed by atoms with Crippen LogP contribution in [0.1, 0.15) is 22.3 Å². The summed E-state index contributed by atoms with van der Waals surface area (Å²) in [5.41, 5.74) is 15.9. The summed E-state index contributed by atoms with van der Waals surface area (Å²) in [6, 6.07) is 75.4. The molecule has 0 N–H and O–H groups in total. The summed E-state index contributed by atoms with van der Waals surface area (Å²) in [5, 5.41) is 5.88. The van der Waals surface area contributed by atoms with Crippen molar-refractivity contribution >= 4 is 74.2 Å². The lowest BCUT2D eigenvalue weighted by Crippen LogP contribution is -2.37. The summed E-state index contributed by atoms with van der Waals surface area (Å²) in [7, 11) is -1.55. The fourth-order valence-electron chi connectivity index (χ4n) is 10.2. The van der Waals surface area contributed by atoms with Gasteiger partial charge in [0, 0.05) is 38.5 Å². The summed E-state index contributed by atoms with van der Waals surface area (Å²) < 4.78 is 12.9. The molecule has 4 heteroatoms. The van der Waals surface area contributed by atoms with Gasteiger partial charge in [-0.05, 0) is 106 Å². The zero-order chi connectivity index (χ0) is 41.6. The Hall–Kier alpha value is -7.40. The molecule has 0 unspecified atom stereocenters. The quantitative estimate of drug-likeness (QED) is 0.150. The molecule has 12 rings (SSSR count). The van der Waals surface area contributed by atoms with Crippen LogP contribution in [0, 0.1) is 0 Å². The van der Waals surface area contributed by atoms with Gasteiger partial charge in [0.25, 0.3) is 0 Å². The largest absolute Gasteiger partial charge is 0.456 e. The average Bonchev–Trinajstić information content (AvgIpc) is 3.98. The topological polar surface area (TPSA) is 29.5 Å². The second-order valence-corrected chi connectivity index (χ2v) is 22.7. The van der Waals surface area contributed by atoms with Crippen LogP contribution in [0.4, 0.5) is 17.1 Å². The Morgan fingerprint density at radius 1 is 0.403 bits per heavy atom. The van der Waals surface area contributed by atoms with Crippen LogP contribution >= 0.6 is 0 Å². The predicted molar refractivity (Wildman–Crippen MR) is 261 cm³/mol. The SMILES string of the molecule is C[Si](C)(C)c1ccc(N(c2ccc(-c3ccccc3)cc2)c2cccc3c2-c2ccccc2C3(c2ccc3oc4ccccc4c3c2)c2ccc3oc4ccccc4c3c2)cc1. The number of nitrogens with zero attached hydrogens (tertiary/aromatic N) is 1. The van der Waals surface area contributed by atoms with Crippen LogP contribution in [0.2, 0.25) is 19.6 Å². The van der Waals surface area contributed by atoms with E-state index >= 15 is 0 Å². The molecule has 0 saturated carbocycles. The predicted octanol–water partition coefficient (Wildman–Crippen LogP) is 15.5. The zero-order valence-corrected chi connectivity index (χ0v) is 35.9. The van der Waals surface area contributed by atoms with Crippen molar-refractivity contribution in [2.24, 2.45) is 0 Å². The summed E-state index contributed by atoms with van der Waals surface area (Å²) in [6.07, 6.45) is 0. The molecule has 0 amide bonds. The third kappa shape index (κ3) is 5.50. The number of benzene rings is 9. The van der Waals surface area contributed by atoms with E-state index in [-0.39, 0.29) is 0 Å². The van der Waals surface area contributed by atoms with Crippen molar-refractivity contribution < 1.29 is 8.83 Å². The Labute approximate surface area is 362 Å². The van der Waals surface area contributed by atoms with Gasteiger partial charge in [0.05, 0.1) is 19.2 Å². The number of anilines is 3. The van der Waals surface area contributed by atoms with Crippen molar-refractivity contribution in [2.75, 3.05) is 4.90 Å². The number of rotatable bonds is 7. The fourth-order valence-corrected chi connectivity index (χ4v) is 11.3. The summed E-state index contributed by atoms with van der Waals surface area (Å²) >= 11 is 0. The molecule has 0 saturated heterocycles. The normalized spacial score (nSPS) is 13.2. The third-order valence-electron chi connectivity index (χ3n) is 13.1. The van der Waals surface area contributed by atoms with Crippen molar-refractivity contribution in [2.45, 2.75) is 25.1 Å². The fraction of sp³-hybridized carbons (Fsp3) is 0.0690. The Balaban J connectivity index is 1.16. The van der Waals surface area contributed by atoms with Crippen LogP contribution in [0.25, 0.3) is 66.1 Å². The molecule has 2 aromatic heterocycles. The van der Waals surface area contributed by atoms with Crippen molar-refractivity contribution in [1.82, 2.24) is 0 Å². The molecule has 3 nitrogen and oxygen atoms in total. The average molecular weight is 814 g/mol. The highest BCUT2D eigenvalue weighted by Gasteiger charge is 2.48. The molecule has 0 spiro atoms. The first-order chi connectivity index (χ1) is 30.4. The highest BCUT2D eigenvalue weighted by Crippen LogP contribution is 2.60. The van der Waals surface area contributed by atoms with Gasteiger partial charge in [-0.25, -0.2) is 0 Å². The van der Waals surface area contributed by atoms with Crippen LogP contribution in [-0.4, -0.2) is 8.07 Å². The highest BCUT2D eigenvalue weighted by atomic mass is 28.3. The number of hydrogen-bond acceptors (Lipinski definition) is 3. The molecule has 9 aromatic carbocycles. The van der Waals surface area contributed by atoms with Crippen molar-refractivity contribution in [3.05, 3.63) is 229 Å². The van der Waals surface area contributed by atoms with E-state index in [4.69, 9.17) is 8.83 Å². The maximum absolute atomic E-state index is 6.44. The van der Waals surface area contributed by atoms with E-state index in [0.717, 1.165) is 60.9 Å². The Morgan fingerprint density at radius 3 is 1.52 bits per heavy atom. The molecule has 0 aliphatic heterocycles. The van der Waals surface area contributed by atoms with Gasteiger partial charge in [0.1, 0.15) is 22.3 Å². The van der Waals surface area contributed by atoms with Gasteiger partial charge < -0.3 is 13.7 Å². The second kappa shape index (κ2) is 13.8. The van der Waals surface area contributed by atoms with E-state index in [1.807, 2.05) is 12.1 Å². The maximum atomic E-state index is 6.44. The van der Waals surface area contributed by atoms with E-state index < -0.39 is 13.5 Å². The highest BCUT2D eigenvalue weighted by molar-refractivity contribution is 6.88. The van der Waals surface area contributed by atoms with E-state index in [0.29, 0.717) is 0 Å². The lowest BCUT2D eigenvalue weighted by atomic mass is 9.67. The van der Waals surface area contributed by atoms with Gasteiger partial charge in [-0.3, -0.25) is 0 Å². The minimum absolute atomic E-state index is 0.689. The van der Waals surface area contributed by atoms with Gasteiger partial charge in [0.15, 0.2) is 0 Å². The Kier molecular flexibility index (Phi) is 8.12. The standard InChI is InChI=1S/C58H43NO2Si/c1-62(2,3)44-32-30-43(31-33-44)59(42-28-24-39(25-29-42)38-14-5-4-6-15-38)52-21-13-20-51-57(52)47-18-7-10-19-50(47)58(51,40-26-34-55-48(36-40)45-16-8-11-22-53(45)60-55)41-27-35-56-49(37-41)46-17-9-12-23-54(46)61-56/h4-37H,1-3H3. The Bertz CT molecular complexity index is 3390. The van der Waals surface area contributed by atoms with Crippen LogP contribution in [0.3, 0.4) is 0 Å². The molecule has 1 aliphatic rings. The van der Waals surface area contributed by atoms with Crippen LogP contribution in [0.5, 0.6) is 0 Å². The molecule has 1 aliphatic carbocycles. The molecular formula is C58H43NO2Si. The monoisotopic (exact) mass is 813 g/mol. The van der Waals surface area contributed by atoms with E-state index in [1.165, 1.54) is 49.7 Å². The first-order valence-corrected chi connectivity index (χ1v) is 25.0. The smallest absolute Gasteiger partial charge is 0.135 e. The van der Waals surface area contributed by atoms with E-state index in [9.17, 15) is 0 Å². The van der Waals surface area contributed by atoms with Crippen LogP contribution < -0.4 is 10.1 Å². The lowest BCUT2D eigenvalue weighted by Gasteiger charge is -2.34. The van der Waals surface area contributed by atoms with Crippen molar-refractivity contribution in [3.63, 3.8) is 0 Å². The van der Waals surface area contributed by atoms with Gasteiger partial charge in [-0.2, -0.15) is 0 Å². The second-order valence-electron chi connectivity index (χ2n) is 17.7. The lowest BCUT2D eigenvalue weighted by molar-refractivity contribution is 0.667. The number of furan rings is 2. The van der Waals surface area contributed by atoms with Crippen molar-refractivity contribution in [1.29, 1.82) is 0 Å². The first kappa shape index (κ1) is 36.4. The minimum atomic E-state index is -1.55. The summed E-state index contributed by atoms with van der Waals surface area (Å²) in [4.78, 5) is 2.47. The van der Waals surface area contributed by atoms with Gasteiger partial charge in [-0.1, -0.05) is 164 Å². The first-order valence-electron chi connectivity index (χ1n) is 21.5. The molecule has 11 aromatic rings. The number of hydrogen-bond donors (Lipinski definition) is 0. The maximum Gasteiger partial charge on any atom is 0.135 e. The molecule has 62 heavy (non-hydrogen) atoms. The molecular weight excluding hydrogens is 771 g/mol. The van der Waals surface area contributed by atoms with Gasteiger partial charge in [-0.15, -0.1) is 0 Å². The zero-order valence-electron chi connectivity index (χ0n) is 34.9. The van der Waals surface area contributed by atoms with Gasteiger partial charge >= 0.3 is 0 Å². The summed E-state index contributed by atoms with van der Waals surface area (Å²) in [5.74, 6) is 0. The van der Waals surface area contributed by atoms with Gasteiger partial charge in [0.2, 0.25) is 0 Å². The molecule has 0 bridgehead atoms. The molecule has 0 fully saturated rings. The Morgan fingerprint density at radius 2 is 0.903 bits per heavy atom. The number of fused-ring (bicyclic) bond motifs is 9. The molecule has 0 radical (unpaired) electrons. The van der Waals surface area contributed by atoms with Crippen LogP contribution in [-0.2, 0) is 5.41 Å². The van der Waals surface area contributed by atoms with E-state index in [2.05, 4.69) is 219 Å². The molecule has 296 valence electrons. The van der Waals surface area contributed by atoms with E-state index in [1.54, 1.807) is 0 Å². The molecule has 0 atom stereocenters. The third-order valence-corrected chi connectivity index (χ3v) is 15.2. The minimum Gasteiger partial charge on any atom is -0.456 e. The molecule has 2 heterocycles. The number of para-hydroxylation sites is 2. The van der Waals surface area contributed by atoms with Crippen molar-refractivity contribution in [3.8, 4) is 22.3 Å². The van der Waals surface area contributed by atoms with Crippen LogP contribution in [0.15, 0.2) is 215 Å².